The van der Waals surface area contributed by atoms with Gasteiger partial charge in [-0.05, 0) is 18.9 Å². The van der Waals surface area contributed by atoms with Gasteiger partial charge in [0.2, 0.25) is 0 Å². The number of aromatic nitrogens is 2. The molecule has 0 fully saturated rings. The van der Waals surface area contributed by atoms with Crippen LogP contribution in [0.2, 0.25) is 0 Å². The molecular weight excluding hydrogens is 218 g/mol. The number of nitrogens with zero attached hydrogens (tertiary/aromatic N) is 2. The van der Waals surface area contributed by atoms with Gasteiger partial charge >= 0.3 is 5.97 Å². The van der Waals surface area contributed by atoms with Crippen molar-refractivity contribution in [2.45, 2.75) is 33.2 Å². The van der Waals surface area contributed by atoms with Crippen LogP contribution in [-0.2, 0) is 18.3 Å². The molecule has 0 aliphatic heterocycles. The molecule has 0 aliphatic carbocycles. The predicted molar refractivity (Wildman–Crippen MR) is 65.8 cm³/mol. The zero-order valence-electron chi connectivity index (χ0n) is 10.9. The van der Waals surface area contributed by atoms with Crippen molar-refractivity contribution in [2.75, 3.05) is 6.54 Å². The lowest BCUT2D eigenvalue weighted by atomic mass is 10.1. The minimum atomic E-state index is -0.853. The number of aliphatic carboxylic acids is 1. The van der Waals surface area contributed by atoms with Crippen molar-refractivity contribution in [3.63, 3.8) is 0 Å². The number of carboxylic acids is 1. The number of rotatable bonds is 6. The highest BCUT2D eigenvalue weighted by atomic mass is 16.4. The van der Waals surface area contributed by atoms with Crippen molar-refractivity contribution in [3.8, 4) is 0 Å². The first kappa shape index (κ1) is 13.7. The summed E-state index contributed by atoms with van der Waals surface area (Å²) in [6.45, 7) is 6.76. The van der Waals surface area contributed by atoms with Gasteiger partial charge < -0.3 is 10.4 Å². The highest BCUT2D eigenvalue weighted by Crippen LogP contribution is 2.18. The van der Waals surface area contributed by atoms with Crippen molar-refractivity contribution < 1.29 is 9.90 Å². The molecule has 2 N–H and O–H groups in total. The fraction of sp³-hybridized carbons (Fsp3) is 0.667. The summed E-state index contributed by atoms with van der Waals surface area (Å²) in [7, 11) is 1.81. The van der Waals surface area contributed by atoms with E-state index in [-0.39, 0.29) is 0 Å². The lowest BCUT2D eigenvalue weighted by molar-refractivity contribution is -0.139. The van der Waals surface area contributed by atoms with Gasteiger partial charge in [0.25, 0.3) is 0 Å². The molecule has 1 aromatic rings. The second-order valence-electron chi connectivity index (χ2n) is 4.63. The maximum Gasteiger partial charge on any atom is 0.325 e. The van der Waals surface area contributed by atoms with Gasteiger partial charge in [-0.15, -0.1) is 0 Å². The van der Waals surface area contributed by atoms with E-state index in [4.69, 9.17) is 0 Å². The number of hydrogen-bond donors (Lipinski definition) is 2. The van der Waals surface area contributed by atoms with Crippen LogP contribution in [0.25, 0.3) is 0 Å². The van der Waals surface area contributed by atoms with Crippen LogP contribution in [0.3, 0.4) is 0 Å². The Balaban J connectivity index is 2.92. The first-order valence-corrected chi connectivity index (χ1v) is 5.94. The number of carbonyl (C=O) groups is 1. The van der Waals surface area contributed by atoms with Crippen LogP contribution < -0.4 is 5.32 Å². The van der Waals surface area contributed by atoms with E-state index in [1.54, 1.807) is 10.9 Å². The Morgan fingerprint density at radius 3 is 2.71 bits per heavy atom. The molecule has 0 spiro atoms. The zero-order chi connectivity index (χ0) is 13.0. The summed E-state index contributed by atoms with van der Waals surface area (Å²) in [5.74, 6) is -0.438. The molecule has 1 aromatic heterocycles. The van der Waals surface area contributed by atoms with E-state index in [0.29, 0.717) is 12.5 Å². The molecule has 0 amide bonds. The maximum atomic E-state index is 11.3. The van der Waals surface area contributed by atoms with Gasteiger partial charge in [0, 0.05) is 18.8 Å². The molecule has 96 valence electrons. The average Bonchev–Trinajstić information content (AvgIpc) is 2.59. The lowest BCUT2D eigenvalue weighted by Gasteiger charge is -2.15. The van der Waals surface area contributed by atoms with Gasteiger partial charge in [0.1, 0.15) is 6.04 Å². The van der Waals surface area contributed by atoms with Crippen LogP contribution in [-0.4, -0.2) is 27.4 Å². The molecule has 0 aromatic carbocycles. The third-order valence-corrected chi connectivity index (χ3v) is 2.56. The monoisotopic (exact) mass is 239 g/mol. The molecule has 5 nitrogen and oxygen atoms in total. The molecular formula is C12H21N3O2. The van der Waals surface area contributed by atoms with Crippen molar-refractivity contribution in [1.29, 1.82) is 0 Å². The van der Waals surface area contributed by atoms with Crippen molar-refractivity contribution in [3.05, 3.63) is 17.5 Å². The second kappa shape index (κ2) is 5.82. The minimum absolute atomic E-state index is 0.415. The Morgan fingerprint density at radius 1 is 1.59 bits per heavy atom. The molecule has 0 bridgehead atoms. The fourth-order valence-electron chi connectivity index (χ4n) is 1.75. The second-order valence-corrected chi connectivity index (χ2v) is 4.63. The smallest absolute Gasteiger partial charge is 0.325 e. The quantitative estimate of drug-likeness (QED) is 0.786. The highest BCUT2D eigenvalue weighted by molar-refractivity contribution is 5.75. The third kappa shape index (κ3) is 3.56. The van der Waals surface area contributed by atoms with Crippen LogP contribution in [0, 0.1) is 5.92 Å². The van der Waals surface area contributed by atoms with E-state index in [1.165, 1.54) is 0 Å². The summed E-state index contributed by atoms with van der Waals surface area (Å²) in [6.07, 6.45) is 2.52. The predicted octanol–water partition coefficient (Wildman–Crippen LogP) is 1.35. The number of nitrogens with one attached hydrogen (secondary N) is 1. The molecule has 1 unspecified atom stereocenters. The Labute approximate surface area is 102 Å². The SMILES string of the molecule is CCc1nn(C)cc1C(NCC(C)C)C(=O)O. The molecule has 5 heteroatoms. The topological polar surface area (TPSA) is 67.2 Å². The van der Waals surface area contributed by atoms with Gasteiger partial charge in [-0.2, -0.15) is 5.10 Å². The molecule has 0 saturated carbocycles. The van der Waals surface area contributed by atoms with E-state index in [1.807, 2.05) is 14.0 Å². The fourth-order valence-corrected chi connectivity index (χ4v) is 1.75. The number of carboxylic acid groups (broad SMARTS) is 1. The Kier molecular flexibility index (Phi) is 4.69. The first-order chi connectivity index (χ1) is 7.95. The van der Waals surface area contributed by atoms with Gasteiger partial charge in [-0.1, -0.05) is 20.8 Å². The van der Waals surface area contributed by atoms with E-state index < -0.39 is 12.0 Å². The van der Waals surface area contributed by atoms with Gasteiger partial charge in [0.05, 0.1) is 5.69 Å². The minimum Gasteiger partial charge on any atom is -0.480 e. The number of hydrogen-bond acceptors (Lipinski definition) is 3. The van der Waals surface area contributed by atoms with Crippen molar-refractivity contribution in [2.24, 2.45) is 13.0 Å². The number of aryl methyl sites for hydroxylation is 2. The summed E-state index contributed by atoms with van der Waals surface area (Å²) < 4.78 is 1.67. The molecule has 0 aliphatic rings. The summed E-state index contributed by atoms with van der Waals surface area (Å²) in [4.78, 5) is 11.3. The summed E-state index contributed by atoms with van der Waals surface area (Å²) >= 11 is 0. The summed E-state index contributed by atoms with van der Waals surface area (Å²) in [5.41, 5.74) is 1.61. The normalized spacial score (nSPS) is 13.0. The van der Waals surface area contributed by atoms with Gasteiger partial charge in [0.15, 0.2) is 0 Å². The van der Waals surface area contributed by atoms with Crippen LogP contribution >= 0.6 is 0 Å². The van der Waals surface area contributed by atoms with Crippen LogP contribution in [0.15, 0.2) is 6.20 Å². The van der Waals surface area contributed by atoms with E-state index in [0.717, 1.165) is 17.7 Å². The summed E-state index contributed by atoms with van der Waals surface area (Å²) in [6, 6.07) is -0.666. The Hall–Kier alpha value is -1.36. The maximum absolute atomic E-state index is 11.3. The third-order valence-electron chi connectivity index (χ3n) is 2.56. The molecule has 0 radical (unpaired) electrons. The first-order valence-electron chi connectivity index (χ1n) is 5.94. The van der Waals surface area contributed by atoms with Crippen molar-refractivity contribution >= 4 is 5.97 Å². The standard InChI is InChI=1S/C12H21N3O2/c1-5-10-9(7-15(4)14-10)11(12(16)17)13-6-8(2)3/h7-8,11,13H,5-6H2,1-4H3,(H,16,17). The zero-order valence-corrected chi connectivity index (χ0v) is 10.9. The highest BCUT2D eigenvalue weighted by Gasteiger charge is 2.24. The largest absolute Gasteiger partial charge is 0.480 e. The van der Waals surface area contributed by atoms with Gasteiger partial charge in [-0.25, -0.2) is 0 Å². The Bertz CT molecular complexity index is 385. The molecule has 1 rings (SSSR count). The lowest BCUT2D eigenvalue weighted by Crippen LogP contribution is -2.31. The van der Waals surface area contributed by atoms with Gasteiger partial charge in [-0.3, -0.25) is 9.48 Å². The average molecular weight is 239 g/mol. The van der Waals surface area contributed by atoms with E-state index in [9.17, 15) is 9.90 Å². The van der Waals surface area contributed by atoms with Crippen LogP contribution in [0.4, 0.5) is 0 Å². The van der Waals surface area contributed by atoms with E-state index >= 15 is 0 Å². The van der Waals surface area contributed by atoms with Crippen LogP contribution in [0.5, 0.6) is 0 Å². The van der Waals surface area contributed by atoms with Crippen LogP contribution in [0.1, 0.15) is 38.1 Å². The molecule has 1 heterocycles. The molecule has 1 atom stereocenters. The molecule has 0 saturated heterocycles. The Morgan fingerprint density at radius 2 is 2.24 bits per heavy atom. The van der Waals surface area contributed by atoms with E-state index in [2.05, 4.69) is 24.3 Å². The van der Waals surface area contributed by atoms with Crippen molar-refractivity contribution in [1.82, 2.24) is 15.1 Å². The summed E-state index contributed by atoms with van der Waals surface area (Å²) in [5, 5.41) is 16.6. The molecule has 17 heavy (non-hydrogen) atoms.